The number of nitrogens with zero attached hydrogens (tertiary/aromatic N) is 1. The van der Waals surface area contributed by atoms with Crippen molar-refractivity contribution < 1.29 is 9.96 Å². The van der Waals surface area contributed by atoms with Gasteiger partial charge >= 0.3 is 0 Å². The molecule has 0 bridgehead atoms. The van der Waals surface area contributed by atoms with Crippen LogP contribution in [0.3, 0.4) is 0 Å². The summed E-state index contributed by atoms with van der Waals surface area (Å²) in [6.45, 7) is 2.40. The van der Waals surface area contributed by atoms with Gasteiger partial charge in [-0.15, -0.1) is 0 Å². The summed E-state index contributed by atoms with van der Waals surface area (Å²) in [6, 6.07) is 10.6. The van der Waals surface area contributed by atoms with Crippen molar-refractivity contribution in [2.24, 2.45) is 0 Å². The summed E-state index contributed by atoms with van der Waals surface area (Å²) in [5.74, 6) is 0.525. The van der Waals surface area contributed by atoms with Gasteiger partial charge in [0.05, 0.1) is 5.69 Å². The summed E-state index contributed by atoms with van der Waals surface area (Å²) in [6.07, 6.45) is 2.43. The molecule has 1 aromatic heterocycles. The van der Waals surface area contributed by atoms with Crippen molar-refractivity contribution in [3.05, 3.63) is 58.7 Å². The molecule has 0 aliphatic carbocycles. The van der Waals surface area contributed by atoms with Crippen molar-refractivity contribution in [3.63, 3.8) is 0 Å². The van der Waals surface area contributed by atoms with Crippen LogP contribution in [0, 0.1) is 10.4 Å². The van der Waals surface area contributed by atoms with Crippen LogP contribution < -0.4 is 15.3 Å². The predicted octanol–water partition coefficient (Wildman–Crippen LogP) is 1.70. The molecule has 2 heterocycles. The second kappa shape index (κ2) is 5.33. The molecule has 21 heavy (non-hydrogen) atoms. The molecule has 0 fully saturated rings. The van der Waals surface area contributed by atoms with Crippen molar-refractivity contribution in [2.75, 3.05) is 11.9 Å². The zero-order valence-electron chi connectivity index (χ0n) is 11.6. The Labute approximate surface area is 122 Å². The van der Waals surface area contributed by atoms with Crippen LogP contribution in [0.1, 0.15) is 19.0 Å². The second-order valence-corrected chi connectivity index (χ2v) is 5.03. The van der Waals surface area contributed by atoms with Crippen LogP contribution in [0.5, 0.6) is 5.75 Å². The van der Waals surface area contributed by atoms with E-state index in [1.54, 1.807) is 18.3 Å². The molecule has 0 radical (unpaired) electrons. The summed E-state index contributed by atoms with van der Waals surface area (Å²) in [4.78, 5) is 4.39. The van der Waals surface area contributed by atoms with Crippen LogP contribution in [0.4, 0.5) is 11.4 Å². The Balaban J connectivity index is 2.06. The van der Waals surface area contributed by atoms with Crippen LogP contribution in [-0.2, 0) is 5.54 Å². The smallest absolute Gasteiger partial charge is 0.158 e. The fourth-order valence-electron chi connectivity index (χ4n) is 2.58. The first-order valence-electron chi connectivity index (χ1n) is 6.83. The van der Waals surface area contributed by atoms with Gasteiger partial charge in [-0.1, -0.05) is 19.1 Å². The standard InChI is InChI=1S/C15H16N3O3/c1-2-15(13-8-3-4-9-16-13)10-21-12-7-5-6-11(18(19)20)14(12)17-15/h3-9,17-18H,2,10H2,1H3/q-1. The third-order valence-electron chi connectivity index (χ3n) is 3.84. The third-order valence-corrected chi connectivity index (χ3v) is 3.84. The number of para-hydroxylation sites is 1. The van der Waals surface area contributed by atoms with E-state index in [0.29, 0.717) is 24.5 Å². The Hall–Kier alpha value is -2.15. The Morgan fingerprint density at radius 2 is 2.14 bits per heavy atom. The Morgan fingerprint density at radius 1 is 1.29 bits per heavy atom. The van der Waals surface area contributed by atoms with Crippen molar-refractivity contribution in [3.8, 4) is 5.75 Å². The van der Waals surface area contributed by atoms with E-state index in [2.05, 4.69) is 10.3 Å². The summed E-state index contributed by atoms with van der Waals surface area (Å²) >= 11 is 0. The van der Waals surface area contributed by atoms with E-state index in [0.717, 1.165) is 5.69 Å². The maximum atomic E-state index is 11.3. The van der Waals surface area contributed by atoms with Crippen molar-refractivity contribution in [1.82, 2.24) is 4.98 Å². The number of hydrogen-bond acceptors (Lipinski definition) is 5. The number of anilines is 1. The average molecular weight is 286 g/mol. The number of pyridine rings is 1. The lowest BCUT2D eigenvalue weighted by Crippen LogP contribution is -2.96. The van der Waals surface area contributed by atoms with E-state index < -0.39 is 10.8 Å². The summed E-state index contributed by atoms with van der Waals surface area (Å²) in [5, 5.41) is 24.7. The predicted molar refractivity (Wildman–Crippen MR) is 79.1 cm³/mol. The zero-order valence-corrected chi connectivity index (χ0v) is 11.6. The molecule has 0 spiro atoms. The Kier molecular flexibility index (Phi) is 3.50. The minimum absolute atomic E-state index is 0.0981. The van der Waals surface area contributed by atoms with Gasteiger partial charge in [0.1, 0.15) is 23.6 Å². The van der Waals surface area contributed by atoms with E-state index in [1.165, 1.54) is 6.07 Å². The molecule has 110 valence electrons. The maximum Gasteiger partial charge on any atom is 0.158 e. The highest BCUT2D eigenvalue weighted by molar-refractivity contribution is 5.72. The topological polar surface area (TPSA) is 84.7 Å². The molecule has 3 rings (SSSR count). The first kappa shape index (κ1) is 13.8. The van der Waals surface area contributed by atoms with Gasteiger partial charge in [0.15, 0.2) is 5.69 Å². The van der Waals surface area contributed by atoms with Gasteiger partial charge in [-0.25, -0.2) is 0 Å². The summed E-state index contributed by atoms with van der Waals surface area (Å²) in [5.41, 5.74) is 0.836. The molecular weight excluding hydrogens is 270 g/mol. The molecule has 1 aromatic carbocycles. The quantitative estimate of drug-likeness (QED) is 0.839. The lowest BCUT2D eigenvalue weighted by Gasteiger charge is -2.40. The van der Waals surface area contributed by atoms with Crippen molar-refractivity contribution >= 4 is 11.4 Å². The SMILES string of the molecule is CCC1(c2ccccn2)COc2cccc([NH+]([O-])[O-])c2N1. The summed E-state index contributed by atoms with van der Waals surface area (Å²) in [7, 11) is 0. The Bertz CT molecular complexity index is 633. The van der Waals surface area contributed by atoms with Gasteiger partial charge in [0, 0.05) is 12.3 Å². The molecule has 1 unspecified atom stereocenters. The average Bonchev–Trinajstić information content (AvgIpc) is 2.54. The summed E-state index contributed by atoms with van der Waals surface area (Å²) < 4.78 is 5.78. The fraction of sp³-hybridized carbons (Fsp3) is 0.267. The largest absolute Gasteiger partial charge is 0.628 e. The molecule has 1 atom stereocenters. The molecule has 1 aliphatic rings. The highest BCUT2D eigenvalue weighted by atomic mass is 16.8. The first-order chi connectivity index (χ1) is 10.2. The molecule has 2 aromatic rings. The molecule has 6 heteroatoms. The van der Waals surface area contributed by atoms with Crippen LogP contribution in [-0.4, -0.2) is 11.6 Å². The lowest BCUT2D eigenvalue weighted by atomic mass is 9.90. The lowest BCUT2D eigenvalue weighted by molar-refractivity contribution is -0.714. The molecule has 0 saturated carbocycles. The highest BCUT2D eigenvalue weighted by Gasteiger charge is 2.38. The third kappa shape index (κ3) is 2.33. The Morgan fingerprint density at radius 3 is 2.81 bits per heavy atom. The zero-order chi connectivity index (χ0) is 14.9. The normalized spacial score (nSPS) is 20.6. The van der Waals surface area contributed by atoms with E-state index >= 15 is 0 Å². The van der Waals surface area contributed by atoms with Gasteiger partial charge in [0.2, 0.25) is 0 Å². The number of nitrogens with one attached hydrogen (secondary N) is 2. The molecule has 6 nitrogen and oxygen atoms in total. The fourth-order valence-corrected chi connectivity index (χ4v) is 2.58. The molecule has 0 amide bonds. The minimum atomic E-state index is -1.23. The van der Waals surface area contributed by atoms with Crippen LogP contribution >= 0.6 is 0 Å². The highest BCUT2D eigenvalue weighted by Crippen LogP contribution is 2.41. The first-order valence-corrected chi connectivity index (χ1v) is 6.83. The number of ether oxygens (including phenoxy) is 1. The van der Waals surface area contributed by atoms with Crippen LogP contribution in [0.15, 0.2) is 42.6 Å². The van der Waals surface area contributed by atoms with Gasteiger partial charge in [-0.05, 0) is 24.6 Å². The molecular formula is C15H16N3O3-. The van der Waals surface area contributed by atoms with Crippen molar-refractivity contribution in [2.45, 2.75) is 18.9 Å². The number of rotatable bonds is 3. The van der Waals surface area contributed by atoms with Crippen LogP contribution in [0.2, 0.25) is 0 Å². The van der Waals surface area contributed by atoms with Gasteiger partial charge < -0.3 is 25.7 Å². The maximum absolute atomic E-state index is 11.3. The molecule has 1 aliphatic heterocycles. The number of quaternary nitrogens is 1. The monoisotopic (exact) mass is 286 g/mol. The number of aromatic nitrogens is 1. The van der Waals surface area contributed by atoms with E-state index in [4.69, 9.17) is 4.74 Å². The molecule has 0 saturated heterocycles. The van der Waals surface area contributed by atoms with Gasteiger partial charge in [-0.2, -0.15) is 0 Å². The van der Waals surface area contributed by atoms with Gasteiger partial charge in [-0.3, -0.25) is 4.98 Å². The number of hydrogen-bond donors (Lipinski definition) is 2. The molecule has 2 N–H and O–H groups in total. The van der Waals surface area contributed by atoms with Crippen LogP contribution in [0.25, 0.3) is 0 Å². The van der Waals surface area contributed by atoms with Gasteiger partial charge in [0.25, 0.3) is 0 Å². The van der Waals surface area contributed by atoms with E-state index in [9.17, 15) is 10.4 Å². The second-order valence-electron chi connectivity index (χ2n) is 5.03. The number of benzene rings is 1. The number of fused-ring (bicyclic) bond motifs is 1. The minimum Gasteiger partial charge on any atom is -0.628 e. The van der Waals surface area contributed by atoms with Crippen molar-refractivity contribution in [1.29, 1.82) is 0 Å². The van der Waals surface area contributed by atoms with E-state index in [-0.39, 0.29) is 5.69 Å². The van der Waals surface area contributed by atoms with E-state index in [1.807, 2.05) is 25.1 Å².